The molecule has 1 aromatic heterocycles. The highest BCUT2D eigenvalue weighted by Gasteiger charge is 2.34. The van der Waals surface area contributed by atoms with Gasteiger partial charge in [0.05, 0.1) is 24.3 Å². The Kier molecular flexibility index (Phi) is 4.56. The van der Waals surface area contributed by atoms with Crippen molar-refractivity contribution in [3.05, 3.63) is 53.5 Å². The lowest BCUT2D eigenvalue weighted by molar-refractivity contribution is -0.128. The minimum Gasteiger partial charge on any atom is -0.478 e. The fourth-order valence-electron chi connectivity index (χ4n) is 2.87. The second-order valence-electron chi connectivity index (χ2n) is 6.08. The first kappa shape index (κ1) is 16.8. The lowest BCUT2D eigenvalue weighted by Gasteiger charge is -2.15. The molecular weight excluding hydrogens is 324 g/mol. The van der Waals surface area contributed by atoms with Crippen molar-refractivity contribution >= 4 is 23.5 Å². The summed E-state index contributed by atoms with van der Waals surface area (Å²) < 4.78 is 5.23. The van der Waals surface area contributed by atoms with E-state index in [-0.39, 0.29) is 23.8 Å². The summed E-state index contributed by atoms with van der Waals surface area (Å²) in [6, 6.07) is 8.24. The average molecular weight is 342 g/mol. The van der Waals surface area contributed by atoms with Crippen molar-refractivity contribution in [2.75, 3.05) is 11.9 Å². The van der Waals surface area contributed by atoms with Gasteiger partial charge in [-0.05, 0) is 36.8 Å². The first-order chi connectivity index (χ1) is 11.9. The van der Waals surface area contributed by atoms with E-state index in [2.05, 4.69) is 5.32 Å². The molecule has 0 saturated carbocycles. The van der Waals surface area contributed by atoms with Crippen molar-refractivity contribution in [1.29, 1.82) is 0 Å². The third kappa shape index (κ3) is 3.71. The molecule has 25 heavy (non-hydrogen) atoms. The molecule has 0 aliphatic carbocycles. The summed E-state index contributed by atoms with van der Waals surface area (Å²) in [5.74, 6) is -1.26. The van der Waals surface area contributed by atoms with E-state index in [0.29, 0.717) is 30.1 Å². The third-order valence-electron chi connectivity index (χ3n) is 4.25. The number of likely N-dealkylation sites (tertiary alicyclic amines) is 1. The van der Waals surface area contributed by atoms with E-state index < -0.39 is 11.9 Å². The van der Waals surface area contributed by atoms with Gasteiger partial charge >= 0.3 is 5.97 Å². The van der Waals surface area contributed by atoms with Gasteiger partial charge in [0.15, 0.2) is 0 Å². The fraction of sp³-hybridized carbons (Fsp3) is 0.278. The summed E-state index contributed by atoms with van der Waals surface area (Å²) in [5.41, 5.74) is 1.16. The Morgan fingerprint density at radius 3 is 2.84 bits per heavy atom. The van der Waals surface area contributed by atoms with E-state index in [1.54, 1.807) is 36.1 Å². The van der Waals surface area contributed by atoms with Gasteiger partial charge in [0.1, 0.15) is 5.76 Å². The Hall–Kier alpha value is -3.09. The maximum atomic E-state index is 12.4. The molecule has 1 atom stereocenters. The van der Waals surface area contributed by atoms with Gasteiger partial charge in [-0.1, -0.05) is 6.07 Å². The molecule has 0 bridgehead atoms. The van der Waals surface area contributed by atoms with E-state index >= 15 is 0 Å². The van der Waals surface area contributed by atoms with Gasteiger partial charge in [0.25, 0.3) is 0 Å². The molecule has 1 aliphatic rings. The van der Waals surface area contributed by atoms with Crippen LogP contribution in [0.2, 0.25) is 0 Å². The second kappa shape index (κ2) is 6.80. The SMILES string of the molecule is Cc1ccc(NC(=O)C2CC(=O)N(Cc3ccco3)C2)cc1C(=O)O. The number of nitrogens with one attached hydrogen (secondary N) is 1. The van der Waals surface area contributed by atoms with Crippen molar-refractivity contribution in [1.82, 2.24) is 4.90 Å². The van der Waals surface area contributed by atoms with E-state index in [1.165, 1.54) is 12.3 Å². The zero-order chi connectivity index (χ0) is 18.0. The quantitative estimate of drug-likeness (QED) is 0.868. The minimum absolute atomic E-state index is 0.105. The highest BCUT2D eigenvalue weighted by Crippen LogP contribution is 2.23. The summed E-state index contributed by atoms with van der Waals surface area (Å²) in [7, 11) is 0. The Labute approximate surface area is 144 Å². The molecule has 2 aromatic rings. The normalized spacial score (nSPS) is 16.9. The number of hydrogen-bond donors (Lipinski definition) is 2. The maximum absolute atomic E-state index is 12.4. The lowest BCUT2D eigenvalue weighted by Crippen LogP contribution is -2.28. The van der Waals surface area contributed by atoms with Crippen molar-refractivity contribution in [2.24, 2.45) is 5.92 Å². The number of furan rings is 1. The van der Waals surface area contributed by atoms with E-state index in [1.807, 2.05) is 0 Å². The first-order valence-electron chi connectivity index (χ1n) is 7.89. The lowest BCUT2D eigenvalue weighted by atomic mass is 10.1. The Morgan fingerprint density at radius 2 is 2.16 bits per heavy atom. The smallest absolute Gasteiger partial charge is 0.336 e. The van der Waals surface area contributed by atoms with Crippen molar-refractivity contribution in [3.63, 3.8) is 0 Å². The first-order valence-corrected chi connectivity index (χ1v) is 7.89. The number of aromatic carboxylic acids is 1. The topological polar surface area (TPSA) is 99.9 Å². The van der Waals surface area contributed by atoms with Gasteiger partial charge < -0.3 is 19.7 Å². The molecule has 3 rings (SSSR count). The van der Waals surface area contributed by atoms with Crippen molar-refractivity contribution in [2.45, 2.75) is 19.9 Å². The van der Waals surface area contributed by atoms with Gasteiger partial charge in [-0.2, -0.15) is 0 Å². The van der Waals surface area contributed by atoms with Crippen LogP contribution in [0.1, 0.15) is 28.1 Å². The molecule has 0 spiro atoms. The maximum Gasteiger partial charge on any atom is 0.336 e. The van der Waals surface area contributed by atoms with Crippen LogP contribution >= 0.6 is 0 Å². The molecule has 1 fully saturated rings. The molecule has 2 N–H and O–H groups in total. The van der Waals surface area contributed by atoms with Gasteiger partial charge in [0, 0.05) is 18.7 Å². The number of carboxylic acids is 1. The summed E-state index contributed by atoms with van der Waals surface area (Å²) in [5, 5.41) is 11.9. The molecule has 2 amide bonds. The van der Waals surface area contributed by atoms with E-state index in [0.717, 1.165) is 0 Å². The van der Waals surface area contributed by atoms with Crippen LogP contribution in [0.4, 0.5) is 5.69 Å². The number of benzene rings is 1. The van der Waals surface area contributed by atoms with Crippen LogP contribution in [0, 0.1) is 12.8 Å². The van der Waals surface area contributed by atoms with Gasteiger partial charge in [0.2, 0.25) is 11.8 Å². The summed E-state index contributed by atoms with van der Waals surface area (Å²) in [6.45, 7) is 2.34. The number of hydrogen-bond acceptors (Lipinski definition) is 4. The van der Waals surface area contributed by atoms with Crippen LogP contribution in [0.15, 0.2) is 41.0 Å². The van der Waals surface area contributed by atoms with Gasteiger partial charge in [-0.15, -0.1) is 0 Å². The predicted octanol–water partition coefficient (Wildman–Crippen LogP) is 2.27. The molecule has 1 unspecified atom stereocenters. The molecule has 1 saturated heterocycles. The number of carbonyl (C=O) groups excluding carboxylic acids is 2. The van der Waals surface area contributed by atoms with Crippen molar-refractivity contribution in [3.8, 4) is 0 Å². The summed E-state index contributed by atoms with van der Waals surface area (Å²) in [6.07, 6.45) is 1.67. The monoisotopic (exact) mass is 342 g/mol. The largest absolute Gasteiger partial charge is 0.478 e. The highest BCUT2D eigenvalue weighted by atomic mass is 16.4. The average Bonchev–Trinajstić information content (AvgIpc) is 3.20. The molecule has 0 radical (unpaired) electrons. The molecule has 7 heteroatoms. The fourth-order valence-corrected chi connectivity index (χ4v) is 2.87. The molecule has 7 nitrogen and oxygen atoms in total. The van der Waals surface area contributed by atoms with Gasteiger partial charge in [-0.3, -0.25) is 9.59 Å². The summed E-state index contributed by atoms with van der Waals surface area (Å²) in [4.78, 5) is 37.3. The number of anilines is 1. The standard InChI is InChI=1S/C18H18N2O5/c1-11-4-5-13(8-15(11)18(23)24)19-17(22)12-7-16(21)20(9-12)10-14-3-2-6-25-14/h2-6,8,12H,7,9-10H2,1H3,(H,19,22)(H,23,24). The predicted molar refractivity (Wildman–Crippen MR) is 89.0 cm³/mol. The van der Waals surface area contributed by atoms with Crippen molar-refractivity contribution < 1.29 is 23.9 Å². The number of carboxylic acid groups (broad SMARTS) is 1. The molecule has 1 aliphatic heterocycles. The van der Waals surface area contributed by atoms with Crippen LogP contribution in [0.3, 0.4) is 0 Å². The molecule has 1 aromatic carbocycles. The minimum atomic E-state index is -1.05. The number of rotatable bonds is 5. The number of carbonyl (C=O) groups is 3. The van der Waals surface area contributed by atoms with E-state index in [4.69, 9.17) is 9.52 Å². The number of amides is 2. The van der Waals surface area contributed by atoms with Crippen LogP contribution in [0.5, 0.6) is 0 Å². The van der Waals surface area contributed by atoms with E-state index in [9.17, 15) is 14.4 Å². The zero-order valence-electron chi connectivity index (χ0n) is 13.7. The molecule has 130 valence electrons. The number of aryl methyl sites for hydroxylation is 1. The second-order valence-corrected chi connectivity index (χ2v) is 6.08. The zero-order valence-corrected chi connectivity index (χ0v) is 13.7. The Bertz CT molecular complexity index is 813. The van der Waals surface area contributed by atoms with Crippen LogP contribution < -0.4 is 5.32 Å². The highest BCUT2D eigenvalue weighted by molar-refractivity contribution is 5.98. The van der Waals surface area contributed by atoms with Gasteiger partial charge in [-0.25, -0.2) is 4.79 Å². The van der Waals surface area contributed by atoms with Crippen LogP contribution in [0.25, 0.3) is 0 Å². The Balaban J connectivity index is 1.65. The molecule has 2 heterocycles. The third-order valence-corrected chi connectivity index (χ3v) is 4.25. The molecular formula is C18H18N2O5. The van der Waals surface area contributed by atoms with Crippen LogP contribution in [-0.2, 0) is 16.1 Å². The number of nitrogens with zero attached hydrogens (tertiary/aromatic N) is 1. The summed E-state index contributed by atoms with van der Waals surface area (Å²) >= 11 is 0. The Morgan fingerprint density at radius 1 is 1.36 bits per heavy atom. The van der Waals surface area contributed by atoms with Crippen LogP contribution in [-0.4, -0.2) is 34.3 Å².